The Kier molecular flexibility index (Phi) is 6.92. The minimum Gasteiger partial charge on any atom is -0.368 e. The van der Waals surface area contributed by atoms with Gasteiger partial charge in [0.25, 0.3) is 0 Å². The minimum absolute atomic E-state index is 0.0492. The van der Waals surface area contributed by atoms with Crippen molar-refractivity contribution in [2.45, 2.75) is 45.6 Å². The van der Waals surface area contributed by atoms with Crippen LogP contribution in [0.2, 0.25) is 0 Å². The number of nitrogens with two attached hydrogens (primary N) is 1. The maximum atomic E-state index is 12.2. The molecule has 1 aromatic heterocycles. The molecule has 0 saturated carbocycles. The molecule has 0 aromatic carbocycles. The maximum Gasteiger partial charge on any atom is 0.229 e. The highest BCUT2D eigenvalue weighted by Gasteiger charge is 2.29. The molecule has 1 atom stereocenters. The Labute approximate surface area is 150 Å². The van der Waals surface area contributed by atoms with Crippen LogP contribution in [0, 0.1) is 5.92 Å². The molecular formula is C17H31N7O. The van der Waals surface area contributed by atoms with Crippen molar-refractivity contribution in [1.82, 2.24) is 25.2 Å². The fourth-order valence-electron chi connectivity index (χ4n) is 3.03. The molecule has 8 heteroatoms. The number of carbonyl (C=O) groups is 1. The lowest BCUT2D eigenvalue weighted by Crippen LogP contribution is -2.42. The number of amides is 1. The van der Waals surface area contributed by atoms with Gasteiger partial charge in [0.2, 0.25) is 17.8 Å². The summed E-state index contributed by atoms with van der Waals surface area (Å²) in [5.41, 5.74) is 5.82. The number of carbonyl (C=O) groups excluding carboxylic acids is 1. The van der Waals surface area contributed by atoms with Gasteiger partial charge in [-0.1, -0.05) is 13.3 Å². The van der Waals surface area contributed by atoms with Crippen molar-refractivity contribution in [2.75, 3.05) is 44.4 Å². The molecule has 0 spiro atoms. The zero-order valence-corrected chi connectivity index (χ0v) is 15.8. The Morgan fingerprint density at radius 1 is 1.32 bits per heavy atom. The molecule has 25 heavy (non-hydrogen) atoms. The van der Waals surface area contributed by atoms with Crippen LogP contribution in [0.25, 0.3) is 0 Å². The molecule has 1 amide bonds. The van der Waals surface area contributed by atoms with Gasteiger partial charge in [0.15, 0.2) is 5.82 Å². The number of hydrogen-bond acceptors (Lipinski definition) is 7. The summed E-state index contributed by atoms with van der Waals surface area (Å²) in [6.45, 7) is 6.70. The van der Waals surface area contributed by atoms with Gasteiger partial charge in [-0.15, -0.1) is 0 Å². The molecule has 0 radical (unpaired) electrons. The van der Waals surface area contributed by atoms with Gasteiger partial charge < -0.3 is 16.0 Å². The van der Waals surface area contributed by atoms with Gasteiger partial charge in [-0.05, 0) is 39.3 Å². The molecule has 1 aromatic rings. The largest absolute Gasteiger partial charge is 0.368 e. The van der Waals surface area contributed by atoms with Gasteiger partial charge in [0.05, 0.1) is 6.04 Å². The van der Waals surface area contributed by atoms with E-state index in [2.05, 4.69) is 39.0 Å². The van der Waals surface area contributed by atoms with E-state index in [9.17, 15) is 4.79 Å². The van der Waals surface area contributed by atoms with Crippen LogP contribution in [0.1, 0.15) is 51.4 Å². The molecule has 3 N–H and O–H groups in total. The lowest BCUT2D eigenvalue weighted by molar-refractivity contribution is -0.126. The summed E-state index contributed by atoms with van der Waals surface area (Å²) in [5.74, 6) is 1.80. The first-order valence-electron chi connectivity index (χ1n) is 9.12. The molecule has 2 heterocycles. The van der Waals surface area contributed by atoms with Crippen LogP contribution in [-0.4, -0.2) is 59.5 Å². The van der Waals surface area contributed by atoms with Gasteiger partial charge in [0.1, 0.15) is 0 Å². The first kappa shape index (κ1) is 19.4. The van der Waals surface area contributed by atoms with E-state index in [1.165, 1.54) is 0 Å². The molecule has 1 fully saturated rings. The number of likely N-dealkylation sites (tertiary alicyclic amines) is 1. The fourth-order valence-corrected chi connectivity index (χ4v) is 3.03. The summed E-state index contributed by atoms with van der Waals surface area (Å²) in [5, 5.41) is 3.04. The van der Waals surface area contributed by atoms with E-state index in [0.29, 0.717) is 11.8 Å². The molecule has 140 valence electrons. The molecule has 1 aliphatic rings. The normalized spacial score (nSPS) is 17.3. The molecule has 2 rings (SSSR count). The summed E-state index contributed by atoms with van der Waals surface area (Å²) >= 11 is 0. The number of rotatable bonds is 7. The Bertz CT molecular complexity index is 570. The van der Waals surface area contributed by atoms with Crippen LogP contribution in [0.3, 0.4) is 0 Å². The van der Waals surface area contributed by atoms with Crippen molar-refractivity contribution in [2.24, 2.45) is 5.92 Å². The maximum absolute atomic E-state index is 12.2. The standard InChI is InChI=1S/C17H31N7O/c1-5-6-9-19-15(25)13-7-10-24(11-8-13)12(2)14-20-16(18)22-17(21-14)23(3)4/h12-13H,5-11H2,1-4H3,(H,19,25)(H2,18,20,21,22)/t12-/m0/s1. The number of piperidine rings is 1. The summed E-state index contributed by atoms with van der Waals surface area (Å²) in [6, 6.07) is 0.0492. The average molecular weight is 349 g/mol. The Morgan fingerprint density at radius 2 is 2.00 bits per heavy atom. The predicted molar refractivity (Wildman–Crippen MR) is 99.2 cm³/mol. The number of nitrogens with one attached hydrogen (secondary N) is 1. The lowest BCUT2D eigenvalue weighted by atomic mass is 9.95. The summed E-state index contributed by atoms with van der Waals surface area (Å²) in [7, 11) is 3.76. The van der Waals surface area contributed by atoms with Gasteiger partial charge >= 0.3 is 0 Å². The summed E-state index contributed by atoms with van der Waals surface area (Å²) < 4.78 is 0. The Hall–Kier alpha value is -1.96. The highest BCUT2D eigenvalue weighted by Crippen LogP contribution is 2.26. The summed E-state index contributed by atoms with van der Waals surface area (Å²) in [6.07, 6.45) is 3.86. The highest BCUT2D eigenvalue weighted by molar-refractivity contribution is 5.78. The van der Waals surface area contributed by atoms with E-state index in [1.54, 1.807) is 0 Å². The number of unbranched alkanes of at least 4 members (excludes halogenated alkanes) is 1. The quantitative estimate of drug-likeness (QED) is 0.714. The number of anilines is 2. The average Bonchev–Trinajstić information content (AvgIpc) is 2.60. The van der Waals surface area contributed by atoms with Gasteiger partial charge in [-0.3, -0.25) is 9.69 Å². The van der Waals surface area contributed by atoms with Crippen molar-refractivity contribution >= 4 is 17.8 Å². The van der Waals surface area contributed by atoms with Crippen molar-refractivity contribution in [3.05, 3.63) is 5.82 Å². The van der Waals surface area contributed by atoms with Crippen LogP contribution in [0.5, 0.6) is 0 Å². The Morgan fingerprint density at radius 3 is 2.60 bits per heavy atom. The van der Waals surface area contributed by atoms with Crippen LogP contribution in [0.4, 0.5) is 11.9 Å². The minimum atomic E-state index is 0.0492. The van der Waals surface area contributed by atoms with Crippen LogP contribution >= 0.6 is 0 Å². The van der Waals surface area contributed by atoms with Crippen molar-refractivity contribution < 1.29 is 4.79 Å². The van der Waals surface area contributed by atoms with Gasteiger partial charge in [0, 0.05) is 26.6 Å². The van der Waals surface area contributed by atoms with E-state index in [0.717, 1.165) is 45.3 Å². The van der Waals surface area contributed by atoms with E-state index >= 15 is 0 Å². The van der Waals surface area contributed by atoms with Crippen molar-refractivity contribution in [3.8, 4) is 0 Å². The second-order valence-electron chi connectivity index (χ2n) is 6.88. The third-order valence-electron chi connectivity index (χ3n) is 4.71. The molecule has 8 nitrogen and oxygen atoms in total. The van der Waals surface area contributed by atoms with Crippen LogP contribution in [-0.2, 0) is 4.79 Å². The van der Waals surface area contributed by atoms with E-state index in [-0.39, 0.29) is 23.8 Å². The van der Waals surface area contributed by atoms with Gasteiger partial charge in [-0.2, -0.15) is 15.0 Å². The highest BCUT2D eigenvalue weighted by atomic mass is 16.1. The third-order valence-corrected chi connectivity index (χ3v) is 4.71. The topological polar surface area (TPSA) is 100 Å². The molecule has 0 unspecified atom stereocenters. The second-order valence-corrected chi connectivity index (χ2v) is 6.88. The van der Waals surface area contributed by atoms with E-state index in [4.69, 9.17) is 5.73 Å². The number of nitrogen functional groups attached to an aromatic ring is 1. The van der Waals surface area contributed by atoms with Crippen molar-refractivity contribution in [1.29, 1.82) is 0 Å². The molecular weight excluding hydrogens is 318 g/mol. The fraction of sp³-hybridized carbons (Fsp3) is 0.765. The zero-order chi connectivity index (χ0) is 18.4. The predicted octanol–water partition coefficient (Wildman–Crippen LogP) is 1.21. The molecule has 1 aliphatic heterocycles. The second kappa shape index (κ2) is 8.94. The molecule has 1 saturated heterocycles. The third kappa shape index (κ3) is 5.26. The van der Waals surface area contributed by atoms with Crippen LogP contribution < -0.4 is 16.0 Å². The number of hydrogen-bond donors (Lipinski definition) is 2. The van der Waals surface area contributed by atoms with Crippen molar-refractivity contribution in [3.63, 3.8) is 0 Å². The number of aromatic nitrogens is 3. The summed E-state index contributed by atoms with van der Waals surface area (Å²) in [4.78, 5) is 29.3. The van der Waals surface area contributed by atoms with E-state index in [1.807, 2.05) is 19.0 Å². The first-order chi connectivity index (χ1) is 11.9. The first-order valence-corrected chi connectivity index (χ1v) is 9.12. The monoisotopic (exact) mass is 349 g/mol. The number of nitrogens with zero attached hydrogens (tertiary/aromatic N) is 5. The smallest absolute Gasteiger partial charge is 0.229 e. The zero-order valence-electron chi connectivity index (χ0n) is 15.8. The van der Waals surface area contributed by atoms with E-state index < -0.39 is 0 Å². The SMILES string of the molecule is CCCCNC(=O)C1CCN([C@@H](C)c2nc(N)nc(N(C)C)n2)CC1. The van der Waals surface area contributed by atoms with Gasteiger partial charge in [-0.25, -0.2) is 0 Å². The van der Waals surface area contributed by atoms with Crippen LogP contribution in [0.15, 0.2) is 0 Å². The Balaban J connectivity index is 1.93. The molecule has 0 aliphatic carbocycles. The lowest BCUT2D eigenvalue weighted by Gasteiger charge is -2.34. The molecule has 0 bridgehead atoms.